The van der Waals surface area contributed by atoms with Crippen molar-refractivity contribution in [2.24, 2.45) is 0 Å². The highest BCUT2D eigenvalue weighted by Gasteiger charge is 2.71. The second-order valence-corrected chi connectivity index (χ2v) is 9.15. The quantitative estimate of drug-likeness (QED) is 0.516. The molecule has 13 heteroatoms. The van der Waals surface area contributed by atoms with Crippen LogP contribution in [-0.2, 0) is 15.6 Å². The van der Waals surface area contributed by atoms with Gasteiger partial charge in [-0.15, -0.1) is 0 Å². The van der Waals surface area contributed by atoms with Crippen LogP contribution in [0.15, 0.2) is 53.4 Å². The molecule has 0 aromatic heterocycles. The first kappa shape index (κ1) is 24.1. The highest BCUT2D eigenvalue weighted by Crippen LogP contribution is 2.50. The van der Waals surface area contributed by atoms with E-state index in [9.17, 15) is 39.9 Å². The molecular formula is C19H19F6N3O3S. The van der Waals surface area contributed by atoms with Gasteiger partial charge in [0.05, 0.1) is 4.90 Å². The molecule has 6 nitrogen and oxygen atoms in total. The first-order chi connectivity index (χ1) is 14.7. The third-order valence-corrected chi connectivity index (χ3v) is 7.10. The van der Waals surface area contributed by atoms with Gasteiger partial charge in [-0.3, -0.25) is 0 Å². The van der Waals surface area contributed by atoms with E-state index in [1.807, 2.05) is 0 Å². The molecule has 0 atom stereocenters. The Morgan fingerprint density at radius 3 is 1.84 bits per heavy atom. The van der Waals surface area contributed by atoms with Crippen molar-refractivity contribution >= 4 is 21.4 Å². The van der Waals surface area contributed by atoms with Crippen molar-refractivity contribution in [2.45, 2.75) is 22.8 Å². The normalized spacial score (nSPS) is 16.9. The van der Waals surface area contributed by atoms with E-state index in [0.29, 0.717) is 17.8 Å². The summed E-state index contributed by atoms with van der Waals surface area (Å²) in [5.74, 6) is 0. The van der Waals surface area contributed by atoms with Crippen molar-refractivity contribution in [1.82, 2.24) is 4.31 Å². The zero-order valence-corrected chi connectivity index (χ0v) is 17.2. The number of nitrogen functional groups attached to an aromatic ring is 1. The van der Waals surface area contributed by atoms with Gasteiger partial charge in [0.15, 0.2) is 0 Å². The lowest BCUT2D eigenvalue weighted by atomic mass is 9.92. The van der Waals surface area contributed by atoms with Crippen molar-refractivity contribution in [3.8, 4) is 0 Å². The lowest BCUT2D eigenvalue weighted by Crippen LogP contribution is -2.54. The molecule has 176 valence electrons. The van der Waals surface area contributed by atoms with Gasteiger partial charge in [0.2, 0.25) is 10.0 Å². The van der Waals surface area contributed by atoms with Crippen LogP contribution < -0.4 is 10.6 Å². The summed E-state index contributed by atoms with van der Waals surface area (Å²) in [6, 6.07) is 8.95. The standard InChI is InChI=1S/C19H19F6N3O3S/c20-18(21,22)17(29,19(23,24)25)13-4-6-15(7-5-13)27-8-10-28(11-9-27)32(30,31)16-3-1-2-14(26)12-16/h1-7,12,29H,8-11,26H2. The van der Waals surface area contributed by atoms with Crippen LogP contribution in [0.5, 0.6) is 0 Å². The largest absolute Gasteiger partial charge is 0.430 e. The number of piperazine rings is 1. The minimum absolute atomic E-state index is 0.0221. The Morgan fingerprint density at radius 2 is 1.38 bits per heavy atom. The molecule has 1 fully saturated rings. The van der Waals surface area contributed by atoms with Crippen LogP contribution in [0.3, 0.4) is 0 Å². The number of hydrogen-bond donors (Lipinski definition) is 2. The van der Waals surface area contributed by atoms with E-state index in [1.54, 1.807) is 11.0 Å². The first-order valence-corrected chi connectivity index (χ1v) is 10.7. The number of hydrogen-bond acceptors (Lipinski definition) is 5. The van der Waals surface area contributed by atoms with Gasteiger partial charge in [0, 0.05) is 43.1 Å². The lowest BCUT2D eigenvalue weighted by Gasteiger charge is -2.36. The Balaban J connectivity index is 1.76. The predicted molar refractivity (Wildman–Crippen MR) is 104 cm³/mol. The molecule has 32 heavy (non-hydrogen) atoms. The summed E-state index contributed by atoms with van der Waals surface area (Å²) < 4.78 is 105. The average molecular weight is 483 g/mol. The number of alkyl halides is 6. The number of sulfonamides is 1. The monoisotopic (exact) mass is 483 g/mol. The SMILES string of the molecule is Nc1cccc(S(=O)(=O)N2CCN(c3ccc(C(O)(C(F)(F)F)C(F)(F)F)cc3)CC2)c1. The van der Waals surface area contributed by atoms with E-state index in [0.717, 1.165) is 12.1 Å². The molecule has 0 radical (unpaired) electrons. The highest BCUT2D eigenvalue weighted by atomic mass is 32.2. The van der Waals surface area contributed by atoms with Crippen LogP contribution in [0.2, 0.25) is 0 Å². The fourth-order valence-electron chi connectivity index (χ4n) is 3.41. The van der Waals surface area contributed by atoms with E-state index < -0.39 is 33.5 Å². The van der Waals surface area contributed by atoms with Crippen molar-refractivity contribution in [3.05, 3.63) is 54.1 Å². The van der Waals surface area contributed by atoms with Crippen LogP contribution in [0.25, 0.3) is 0 Å². The Bertz CT molecular complexity index is 1050. The molecule has 1 heterocycles. The van der Waals surface area contributed by atoms with Crippen molar-refractivity contribution in [1.29, 1.82) is 0 Å². The zero-order valence-electron chi connectivity index (χ0n) is 16.4. The minimum atomic E-state index is -5.96. The molecule has 1 saturated heterocycles. The predicted octanol–water partition coefficient (Wildman–Crippen LogP) is 3.09. The van der Waals surface area contributed by atoms with E-state index in [-0.39, 0.29) is 36.8 Å². The zero-order chi connectivity index (χ0) is 23.9. The number of anilines is 2. The highest BCUT2D eigenvalue weighted by molar-refractivity contribution is 7.89. The summed E-state index contributed by atoms with van der Waals surface area (Å²) in [5.41, 5.74) is -0.152. The maximum atomic E-state index is 13.0. The first-order valence-electron chi connectivity index (χ1n) is 9.25. The molecule has 1 aliphatic rings. The van der Waals surface area contributed by atoms with E-state index >= 15 is 0 Å². The molecule has 0 bridgehead atoms. The fraction of sp³-hybridized carbons (Fsp3) is 0.368. The number of halogens is 6. The van der Waals surface area contributed by atoms with Gasteiger partial charge in [-0.1, -0.05) is 18.2 Å². The van der Waals surface area contributed by atoms with E-state index in [1.165, 1.54) is 22.5 Å². The molecule has 1 aliphatic heterocycles. The average Bonchev–Trinajstić information content (AvgIpc) is 2.72. The van der Waals surface area contributed by atoms with Crippen molar-refractivity contribution < 1.29 is 39.9 Å². The van der Waals surface area contributed by atoms with Crippen LogP contribution >= 0.6 is 0 Å². The summed E-state index contributed by atoms with van der Waals surface area (Å²) in [5, 5.41) is 9.46. The summed E-state index contributed by atoms with van der Waals surface area (Å²) in [6.07, 6.45) is -11.9. The lowest BCUT2D eigenvalue weighted by molar-refractivity contribution is -0.376. The van der Waals surface area contributed by atoms with Crippen LogP contribution in [0, 0.1) is 0 Å². The second kappa shape index (κ2) is 8.12. The maximum Gasteiger partial charge on any atom is 0.430 e. The fourth-order valence-corrected chi connectivity index (χ4v) is 4.89. The molecule has 2 aromatic carbocycles. The van der Waals surface area contributed by atoms with Gasteiger partial charge in [-0.25, -0.2) is 8.42 Å². The summed E-state index contributed by atoms with van der Waals surface area (Å²) in [6.45, 7) is 0.412. The number of benzene rings is 2. The van der Waals surface area contributed by atoms with E-state index in [4.69, 9.17) is 5.73 Å². The maximum absolute atomic E-state index is 13.0. The number of rotatable bonds is 4. The second-order valence-electron chi connectivity index (χ2n) is 7.22. The van der Waals surface area contributed by atoms with Crippen LogP contribution in [-0.4, -0.2) is 56.4 Å². The third kappa shape index (κ3) is 4.24. The van der Waals surface area contributed by atoms with Gasteiger partial charge in [0.1, 0.15) is 0 Å². The van der Waals surface area contributed by atoms with Gasteiger partial charge in [-0.2, -0.15) is 30.6 Å². The van der Waals surface area contributed by atoms with Crippen molar-refractivity contribution in [2.75, 3.05) is 36.8 Å². The Hall–Kier alpha value is -2.51. The van der Waals surface area contributed by atoms with E-state index in [2.05, 4.69) is 0 Å². The topological polar surface area (TPSA) is 86.9 Å². The van der Waals surface area contributed by atoms with Gasteiger partial charge in [0.25, 0.3) is 5.60 Å². The van der Waals surface area contributed by atoms with Gasteiger partial charge < -0.3 is 15.7 Å². The number of nitrogens with two attached hydrogens (primary N) is 1. The van der Waals surface area contributed by atoms with Gasteiger partial charge >= 0.3 is 12.4 Å². The summed E-state index contributed by atoms with van der Waals surface area (Å²) in [7, 11) is -3.81. The Morgan fingerprint density at radius 1 is 0.844 bits per heavy atom. The van der Waals surface area contributed by atoms with Crippen LogP contribution in [0.4, 0.5) is 37.7 Å². The molecule has 3 N–H and O–H groups in total. The minimum Gasteiger partial charge on any atom is -0.399 e. The smallest absolute Gasteiger partial charge is 0.399 e. The molecular weight excluding hydrogens is 464 g/mol. The molecule has 0 unspecified atom stereocenters. The Labute approximate surface area is 179 Å². The third-order valence-electron chi connectivity index (χ3n) is 5.21. The summed E-state index contributed by atoms with van der Waals surface area (Å²) >= 11 is 0. The molecule has 0 spiro atoms. The van der Waals surface area contributed by atoms with Gasteiger partial charge in [-0.05, 0) is 30.3 Å². The number of aliphatic hydroxyl groups is 1. The van der Waals surface area contributed by atoms with Crippen molar-refractivity contribution in [3.63, 3.8) is 0 Å². The van der Waals surface area contributed by atoms with Crippen LogP contribution in [0.1, 0.15) is 5.56 Å². The molecule has 0 amide bonds. The molecule has 2 aromatic rings. The molecule has 3 rings (SSSR count). The molecule has 0 saturated carbocycles. The number of nitrogens with zero attached hydrogens (tertiary/aromatic N) is 2. The summed E-state index contributed by atoms with van der Waals surface area (Å²) in [4.78, 5) is 1.64. The Kier molecular flexibility index (Phi) is 6.13. The molecule has 0 aliphatic carbocycles.